The first-order valence-electron chi connectivity index (χ1n) is 4.29. The first-order valence-corrected chi connectivity index (χ1v) is 5.34. The summed E-state index contributed by atoms with van der Waals surface area (Å²) in [7, 11) is 0. The molecule has 1 N–H and O–H groups in total. The van der Waals surface area contributed by atoms with E-state index in [4.69, 9.17) is 9.47 Å². The zero-order valence-electron chi connectivity index (χ0n) is 7.57. The lowest BCUT2D eigenvalue weighted by molar-refractivity contribution is -0.175. The molecule has 76 valence electrons. The number of halogens is 1. The van der Waals surface area contributed by atoms with Crippen molar-refractivity contribution in [1.29, 1.82) is 0 Å². The molecular weight excluding hydrogens is 195 g/mol. The van der Waals surface area contributed by atoms with Gasteiger partial charge in [0.25, 0.3) is 0 Å². The standard InChI is InChI=1S/C8H13FO3S/c1-8(2)11-6(7(10)12-8)5(9)4-3-13-4/h4-7,10H,3H2,1-2H3/t4-,5+,6-,7-/m1/s1. The molecule has 0 spiro atoms. The van der Waals surface area contributed by atoms with Crippen molar-refractivity contribution < 1.29 is 19.0 Å². The summed E-state index contributed by atoms with van der Waals surface area (Å²) < 4.78 is 23.8. The predicted molar refractivity (Wildman–Crippen MR) is 47.2 cm³/mol. The second kappa shape index (κ2) is 3.08. The summed E-state index contributed by atoms with van der Waals surface area (Å²) in [4.78, 5) is 0. The lowest BCUT2D eigenvalue weighted by Crippen LogP contribution is -2.35. The predicted octanol–water partition coefficient (Wildman–Crippen LogP) is 0.910. The second-order valence-electron chi connectivity index (χ2n) is 3.81. The van der Waals surface area contributed by atoms with Crippen molar-refractivity contribution in [2.45, 2.75) is 43.5 Å². The topological polar surface area (TPSA) is 38.7 Å². The zero-order valence-corrected chi connectivity index (χ0v) is 8.38. The van der Waals surface area contributed by atoms with Crippen molar-refractivity contribution in [3.05, 3.63) is 0 Å². The summed E-state index contributed by atoms with van der Waals surface area (Å²) in [6.07, 6.45) is -3.08. The summed E-state index contributed by atoms with van der Waals surface area (Å²) >= 11 is 1.54. The number of ether oxygens (including phenoxy) is 2. The Labute approximate surface area is 80.6 Å². The van der Waals surface area contributed by atoms with Gasteiger partial charge in [0.2, 0.25) is 0 Å². The third-order valence-corrected chi connectivity index (χ3v) is 3.11. The van der Waals surface area contributed by atoms with Gasteiger partial charge in [-0.25, -0.2) is 4.39 Å². The third-order valence-electron chi connectivity index (χ3n) is 2.13. The lowest BCUT2D eigenvalue weighted by Gasteiger charge is -2.18. The highest BCUT2D eigenvalue weighted by Gasteiger charge is 2.49. The Morgan fingerprint density at radius 3 is 2.54 bits per heavy atom. The molecule has 2 fully saturated rings. The van der Waals surface area contributed by atoms with Crippen LogP contribution in [0.4, 0.5) is 4.39 Å². The number of aliphatic hydroxyl groups is 1. The molecule has 13 heavy (non-hydrogen) atoms. The van der Waals surface area contributed by atoms with E-state index in [-0.39, 0.29) is 5.25 Å². The molecule has 2 aliphatic rings. The Balaban J connectivity index is 1.99. The zero-order chi connectivity index (χ0) is 9.64. The molecule has 0 aromatic carbocycles. The molecule has 0 saturated carbocycles. The van der Waals surface area contributed by atoms with Crippen molar-refractivity contribution in [2.24, 2.45) is 0 Å². The van der Waals surface area contributed by atoms with Crippen LogP contribution in [0.2, 0.25) is 0 Å². The number of hydrogen-bond acceptors (Lipinski definition) is 4. The van der Waals surface area contributed by atoms with Crippen LogP contribution in [0.25, 0.3) is 0 Å². The molecule has 4 atom stereocenters. The summed E-state index contributed by atoms with van der Waals surface area (Å²) in [5, 5.41) is 9.36. The molecule has 0 unspecified atom stereocenters. The third kappa shape index (κ3) is 1.98. The van der Waals surface area contributed by atoms with Gasteiger partial charge in [0.15, 0.2) is 12.1 Å². The van der Waals surface area contributed by atoms with Crippen LogP contribution in [0.5, 0.6) is 0 Å². The second-order valence-corrected chi connectivity index (χ2v) is 5.08. The minimum atomic E-state index is -1.13. The summed E-state index contributed by atoms with van der Waals surface area (Å²) in [6, 6.07) is 0. The fraction of sp³-hybridized carbons (Fsp3) is 1.00. The van der Waals surface area contributed by atoms with Gasteiger partial charge in [-0.05, 0) is 13.8 Å². The molecule has 3 nitrogen and oxygen atoms in total. The number of aliphatic hydroxyl groups excluding tert-OH is 1. The monoisotopic (exact) mass is 208 g/mol. The number of alkyl halides is 1. The van der Waals surface area contributed by atoms with Crippen molar-refractivity contribution in [2.75, 3.05) is 5.75 Å². The van der Waals surface area contributed by atoms with Crippen molar-refractivity contribution in [3.8, 4) is 0 Å². The van der Waals surface area contributed by atoms with Crippen LogP contribution in [0.15, 0.2) is 0 Å². The van der Waals surface area contributed by atoms with Gasteiger partial charge in [-0.15, -0.1) is 0 Å². The van der Waals surface area contributed by atoms with Crippen LogP contribution in [-0.2, 0) is 9.47 Å². The van der Waals surface area contributed by atoms with Gasteiger partial charge in [0, 0.05) is 11.0 Å². The maximum Gasteiger partial charge on any atom is 0.187 e. The molecule has 2 aliphatic heterocycles. The molecular formula is C8H13FO3S. The molecule has 0 aromatic rings. The SMILES string of the molecule is CC1(C)O[C@H]([C@@H](F)[C@H]2CS2)[C@H](O)O1. The highest BCUT2D eigenvalue weighted by molar-refractivity contribution is 8.06. The van der Waals surface area contributed by atoms with Crippen LogP contribution in [0.3, 0.4) is 0 Å². The average Bonchev–Trinajstić information content (AvgIpc) is 2.76. The fourth-order valence-corrected chi connectivity index (χ4v) is 2.08. The number of thioether (sulfide) groups is 1. The van der Waals surface area contributed by atoms with E-state index in [1.807, 2.05) is 0 Å². The van der Waals surface area contributed by atoms with Crippen LogP contribution in [0, 0.1) is 0 Å². The molecule has 2 rings (SSSR count). The molecule has 0 aliphatic carbocycles. The Kier molecular flexibility index (Phi) is 2.30. The van der Waals surface area contributed by atoms with Gasteiger partial charge < -0.3 is 14.6 Å². The van der Waals surface area contributed by atoms with E-state index in [0.717, 1.165) is 5.75 Å². The van der Waals surface area contributed by atoms with Crippen molar-refractivity contribution in [3.63, 3.8) is 0 Å². The largest absolute Gasteiger partial charge is 0.366 e. The number of hydrogen-bond donors (Lipinski definition) is 1. The molecule has 2 heterocycles. The smallest absolute Gasteiger partial charge is 0.187 e. The van der Waals surface area contributed by atoms with Crippen molar-refractivity contribution >= 4 is 11.8 Å². The maximum absolute atomic E-state index is 13.5. The van der Waals surface area contributed by atoms with Crippen LogP contribution in [0.1, 0.15) is 13.8 Å². The normalized spacial score (nSPS) is 44.8. The Hall–Kier alpha value is 0.160. The molecule has 0 radical (unpaired) electrons. The first-order chi connectivity index (χ1) is 5.99. The van der Waals surface area contributed by atoms with Gasteiger partial charge in [0.05, 0.1) is 0 Å². The summed E-state index contributed by atoms with van der Waals surface area (Å²) in [6.45, 7) is 3.34. The summed E-state index contributed by atoms with van der Waals surface area (Å²) in [5.74, 6) is -0.0534. The van der Waals surface area contributed by atoms with Gasteiger partial charge in [-0.2, -0.15) is 11.8 Å². The van der Waals surface area contributed by atoms with E-state index in [1.165, 1.54) is 0 Å². The molecule has 0 amide bonds. The van der Waals surface area contributed by atoms with Gasteiger partial charge in [-0.1, -0.05) is 0 Å². The van der Waals surface area contributed by atoms with Gasteiger partial charge >= 0.3 is 0 Å². The maximum atomic E-state index is 13.5. The highest BCUT2D eigenvalue weighted by atomic mass is 32.2. The Morgan fingerprint density at radius 2 is 2.15 bits per heavy atom. The van der Waals surface area contributed by atoms with Crippen molar-refractivity contribution in [1.82, 2.24) is 0 Å². The average molecular weight is 208 g/mol. The fourth-order valence-electron chi connectivity index (χ4n) is 1.44. The van der Waals surface area contributed by atoms with Crippen LogP contribution < -0.4 is 0 Å². The molecule has 0 bridgehead atoms. The van der Waals surface area contributed by atoms with E-state index in [2.05, 4.69) is 0 Å². The van der Waals surface area contributed by atoms with Crippen LogP contribution >= 0.6 is 11.8 Å². The van der Waals surface area contributed by atoms with E-state index in [9.17, 15) is 9.50 Å². The molecule has 5 heteroatoms. The first kappa shape index (κ1) is 9.71. The van der Waals surface area contributed by atoms with E-state index in [0.29, 0.717) is 0 Å². The van der Waals surface area contributed by atoms with E-state index < -0.39 is 24.4 Å². The van der Waals surface area contributed by atoms with Gasteiger partial charge in [-0.3, -0.25) is 0 Å². The Bertz CT molecular complexity index is 208. The quantitative estimate of drug-likeness (QED) is 0.685. The molecule has 2 saturated heterocycles. The molecule has 0 aromatic heterocycles. The van der Waals surface area contributed by atoms with Crippen LogP contribution in [-0.4, -0.2) is 40.5 Å². The summed E-state index contributed by atoms with van der Waals surface area (Å²) in [5.41, 5.74) is 0. The lowest BCUT2D eigenvalue weighted by atomic mass is 10.2. The number of rotatable bonds is 2. The van der Waals surface area contributed by atoms with E-state index in [1.54, 1.807) is 25.6 Å². The minimum absolute atomic E-state index is 0.0165. The Morgan fingerprint density at radius 1 is 1.54 bits per heavy atom. The van der Waals surface area contributed by atoms with Gasteiger partial charge in [0.1, 0.15) is 12.3 Å². The van der Waals surface area contributed by atoms with E-state index >= 15 is 0 Å². The minimum Gasteiger partial charge on any atom is -0.366 e. The highest BCUT2D eigenvalue weighted by Crippen LogP contribution is 2.40.